The Bertz CT molecular complexity index is 2050. The fraction of sp³-hybridized carbons (Fsp3) is 0.0968. The Labute approximate surface area is 255 Å². The van der Waals surface area contributed by atoms with E-state index in [1.165, 1.54) is 11.3 Å². The number of rotatable bonds is 6. The molecule has 0 spiro atoms. The molecule has 0 bridgehead atoms. The van der Waals surface area contributed by atoms with Gasteiger partial charge in [-0.25, -0.2) is 19.3 Å². The van der Waals surface area contributed by atoms with Crippen molar-refractivity contribution in [1.82, 2.24) is 23.6 Å². The number of benzene rings is 3. The van der Waals surface area contributed by atoms with Crippen LogP contribution < -0.4 is 10.4 Å². The minimum Gasteiger partial charge on any atom is -0.306 e. The predicted molar refractivity (Wildman–Crippen MR) is 170 cm³/mol. The molecule has 42 heavy (non-hydrogen) atoms. The number of hydrogen-bond acceptors (Lipinski definition) is 5. The van der Waals surface area contributed by atoms with Gasteiger partial charge in [-0.2, -0.15) is 5.10 Å². The maximum absolute atomic E-state index is 13.6. The van der Waals surface area contributed by atoms with Crippen LogP contribution in [-0.4, -0.2) is 29.3 Å². The SMILES string of the molecule is CC(=Nn1c(-c2cc(Cl)ccc2Cl)csc1=Nc1c(C)n(C)n(-c2ccccc2)c1=O)c1ccc(-n2ccnc2)cc1. The van der Waals surface area contributed by atoms with Crippen molar-refractivity contribution in [2.24, 2.45) is 17.1 Å². The predicted octanol–water partition coefficient (Wildman–Crippen LogP) is 7.01. The zero-order valence-electron chi connectivity index (χ0n) is 22.9. The number of hydrogen-bond donors (Lipinski definition) is 0. The summed E-state index contributed by atoms with van der Waals surface area (Å²) in [6, 6.07) is 22.8. The topological polar surface area (TPSA) is 74.4 Å². The Morgan fingerprint density at radius 3 is 2.45 bits per heavy atom. The second kappa shape index (κ2) is 11.4. The molecule has 6 aromatic rings. The van der Waals surface area contributed by atoms with Gasteiger partial charge in [0.25, 0.3) is 5.56 Å². The average Bonchev–Trinajstić information content (AvgIpc) is 3.72. The van der Waals surface area contributed by atoms with Gasteiger partial charge in [0.2, 0.25) is 4.80 Å². The lowest BCUT2D eigenvalue weighted by molar-refractivity contribution is 0.630. The average molecular weight is 615 g/mol. The van der Waals surface area contributed by atoms with Crippen LogP contribution >= 0.6 is 34.5 Å². The van der Waals surface area contributed by atoms with Gasteiger partial charge in [0, 0.05) is 41.1 Å². The lowest BCUT2D eigenvalue weighted by atomic mass is 10.1. The number of nitrogens with zero attached hydrogens (tertiary/aromatic N) is 7. The number of imidazole rings is 1. The molecular formula is C31H25Cl2N7OS. The smallest absolute Gasteiger partial charge is 0.297 e. The Morgan fingerprint density at radius 1 is 0.976 bits per heavy atom. The second-order valence-electron chi connectivity index (χ2n) is 9.56. The first-order chi connectivity index (χ1) is 20.3. The Hall–Kier alpha value is -4.44. The number of aromatic nitrogens is 5. The van der Waals surface area contributed by atoms with Crippen LogP contribution in [0.5, 0.6) is 0 Å². The van der Waals surface area contributed by atoms with Crippen LogP contribution in [0.4, 0.5) is 5.69 Å². The van der Waals surface area contributed by atoms with Crippen molar-refractivity contribution in [3.8, 4) is 22.6 Å². The highest BCUT2D eigenvalue weighted by Gasteiger charge is 2.18. The molecule has 8 nitrogen and oxygen atoms in total. The molecule has 0 saturated heterocycles. The van der Waals surface area contributed by atoms with Crippen LogP contribution in [0.2, 0.25) is 10.0 Å². The zero-order valence-corrected chi connectivity index (χ0v) is 25.3. The fourth-order valence-corrected chi connectivity index (χ4v) is 5.84. The zero-order chi connectivity index (χ0) is 29.4. The number of thiazole rings is 1. The molecular weight excluding hydrogens is 589 g/mol. The third kappa shape index (κ3) is 5.18. The van der Waals surface area contributed by atoms with Crippen molar-refractivity contribution >= 4 is 45.9 Å². The van der Waals surface area contributed by atoms with E-state index in [1.54, 1.807) is 44.8 Å². The normalized spacial score (nSPS) is 12.3. The summed E-state index contributed by atoms with van der Waals surface area (Å²) in [5, 5.41) is 7.98. The molecule has 3 heterocycles. The van der Waals surface area contributed by atoms with Crippen molar-refractivity contribution in [3.05, 3.63) is 133 Å². The Morgan fingerprint density at radius 2 is 1.74 bits per heavy atom. The first kappa shape index (κ1) is 27.7. The van der Waals surface area contributed by atoms with E-state index in [-0.39, 0.29) is 5.56 Å². The van der Waals surface area contributed by atoms with Crippen LogP contribution in [0.3, 0.4) is 0 Å². The number of para-hydroxylation sites is 1. The summed E-state index contributed by atoms with van der Waals surface area (Å²) in [5.41, 5.74) is 5.67. The molecule has 0 amide bonds. The van der Waals surface area contributed by atoms with E-state index in [1.807, 2.05) is 91.6 Å². The van der Waals surface area contributed by atoms with E-state index < -0.39 is 0 Å². The van der Waals surface area contributed by atoms with E-state index in [0.717, 1.165) is 28.3 Å². The lowest BCUT2D eigenvalue weighted by Gasteiger charge is -2.09. The maximum Gasteiger partial charge on any atom is 0.297 e. The van der Waals surface area contributed by atoms with Gasteiger partial charge in [-0.3, -0.25) is 9.48 Å². The van der Waals surface area contributed by atoms with Crippen LogP contribution in [0.15, 0.2) is 112 Å². The molecule has 3 aromatic heterocycles. The molecule has 0 unspecified atom stereocenters. The largest absolute Gasteiger partial charge is 0.306 e. The Kier molecular flexibility index (Phi) is 7.55. The molecule has 3 aromatic carbocycles. The van der Waals surface area contributed by atoms with Gasteiger partial charge in [0.1, 0.15) is 0 Å². The second-order valence-corrected chi connectivity index (χ2v) is 11.2. The molecule has 6 rings (SSSR count). The standard InChI is InChI=1S/C31H25Cl2N7OS/c1-20(22-9-12-24(13-10-22)38-16-15-34-19-38)36-39-28(26-17-23(32)11-14-27(26)33)18-42-31(39)35-29-21(2)37(3)40(30(29)41)25-7-5-4-6-8-25/h4-19H,1-3H3. The van der Waals surface area contributed by atoms with Gasteiger partial charge >= 0.3 is 0 Å². The van der Waals surface area contributed by atoms with Crippen LogP contribution in [0.1, 0.15) is 18.2 Å². The van der Waals surface area contributed by atoms with Gasteiger partial charge in [-0.05, 0) is 61.9 Å². The molecule has 0 aliphatic carbocycles. The van der Waals surface area contributed by atoms with Gasteiger partial charge in [-0.1, -0.05) is 53.5 Å². The quantitative estimate of drug-likeness (QED) is 0.189. The highest BCUT2D eigenvalue weighted by atomic mass is 35.5. The monoisotopic (exact) mass is 613 g/mol. The van der Waals surface area contributed by atoms with Gasteiger partial charge in [-0.15, -0.1) is 11.3 Å². The van der Waals surface area contributed by atoms with Crippen molar-refractivity contribution in [2.75, 3.05) is 0 Å². The third-order valence-electron chi connectivity index (χ3n) is 6.96. The maximum atomic E-state index is 13.6. The van der Waals surface area contributed by atoms with Crippen LogP contribution in [0, 0.1) is 6.92 Å². The molecule has 0 fully saturated rings. The Balaban J connectivity index is 1.52. The van der Waals surface area contributed by atoms with Gasteiger partial charge < -0.3 is 4.57 Å². The summed E-state index contributed by atoms with van der Waals surface area (Å²) >= 11 is 14.3. The minimum atomic E-state index is -0.223. The molecule has 0 atom stereocenters. The van der Waals surface area contributed by atoms with Crippen LogP contribution in [0.25, 0.3) is 22.6 Å². The third-order valence-corrected chi connectivity index (χ3v) is 8.34. The summed E-state index contributed by atoms with van der Waals surface area (Å²) in [6.07, 6.45) is 5.39. The molecule has 0 radical (unpaired) electrons. The summed E-state index contributed by atoms with van der Waals surface area (Å²) in [5.74, 6) is 0. The number of halogens is 2. The summed E-state index contributed by atoms with van der Waals surface area (Å²) in [7, 11) is 1.85. The molecule has 0 aliphatic heterocycles. The van der Waals surface area contributed by atoms with E-state index in [4.69, 9.17) is 33.3 Å². The first-order valence-corrected chi connectivity index (χ1v) is 14.6. The van der Waals surface area contributed by atoms with E-state index >= 15 is 0 Å². The highest BCUT2D eigenvalue weighted by Crippen LogP contribution is 2.31. The van der Waals surface area contributed by atoms with Crippen LogP contribution in [-0.2, 0) is 7.05 Å². The van der Waals surface area contributed by atoms with Crippen molar-refractivity contribution in [2.45, 2.75) is 13.8 Å². The molecule has 0 saturated carbocycles. The van der Waals surface area contributed by atoms with Crippen molar-refractivity contribution in [1.29, 1.82) is 0 Å². The lowest BCUT2D eigenvalue weighted by Crippen LogP contribution is -2.20. The van der Waals surface area contributed by atoms with E-state index in [0.29, 0.717) is 31.8 Å². The fourth-order valence-electron chi connectivity index (χ4n) is 4.63. The molecule has 0 aliphatic rings. The van der Waals surface area contributed by atoms with Gasteiger partial charge in [0.05, 0.1) is 34.1 Å². The molecule has 11 heteroatoms. The van der Waals surface area contributed by atoms with E-state index in [2.05, 4.69) is 4.98 Å². The summed E-state index contributed by atoms with van der Waals surface area (Å²) in [6.45, 7) is 3.81. The molecule has 210 valence electrons. The van der Waals surface area contributed by atoms with Crippen molar-refractivity contribution < 1.29 is 0 Å². The summed E-state index contributed by atoms with van der Waals surface area (Å²) < 4.78 is 7.07. The van der Waals surface area contributed by atoms with Crippen molar-refractivity contribution in [3.63, 3.8) is 0 Å². The molecule has 0 N–H and O–H groups in total. The van der Waals surface area contributed by atoms with E-state index in [9.17, 15) is 4.79 Å². The minimum absolute atomic E-state index is 0.223. The summed E-state index contributed by atoms with van der Waals surface area (Å²) in [4.78, 5) is 23.1. The highest BCUT2D eigenvalue weighted by molar-refractivity contribution is 7.07. The first-order valence-electron chi connectivity index (χ1n) is 13.0. The van der Waals surface area contributed by atoms with Gasteiger partial charge in [0.15, 0.2) is 5.69 Å².